The molecule has 26 heavy (non-hydrogen) atoms. The van der Waals surface area contributed by atoms with Gasteiger partial charge in [0.05, 0.1) is 23.3 Å². The normalized spacial score (nSPS) is 11.7. The van der Waals surface area contributed by atoms with Crippen molar-refractivity contribution in [3.8, 4) is 5.75 Å². The van der Waals surface area contributed by atoms with Crippen LogP contribution in [0.15, 0.2) is 53.4 Å². The molecule has 0 aliphatic rings. The molecule has 0 aliphatic heterocycles. The molecular formula is C16H14F3NO5S. The van der Waals surface area contributed by atoms with E-state index in [-0.39, 0.29) is 16.1 Å². The number of alkyl halides is 3. The van der Waals surface area contributed by atoms with E-state index in [0.717, 1.165) is 35.7 Å². The average Bonchev–Trinajstić information content (AvgIpc) is 2.59. The van der Waals surface area contributed by atoms with Crippen molar-refractivity contribution in [2.75, 3.05) is 18.5 Å². The highest BCUT2D eigenvalue weighted by Gasteiger charge is 2.31. The molecule has 2 rings (SSSR count). The van der Waals surface area contributed by atoms with Crippen molar-refractivity contribution in [1.29, 1.82) is 0 Å². The highest BCUT2D eigenvalue weighted by Crippen LogP contribution is 2.28. The van der Waals surface area contributed by atoms with E-state index < -0.39 is 28.1 Å². The van der Waals surface area contributed by atoms with Crippen LogP contribution in [0.1, 0.15) is 10.4 Å². The molecule has 6 nitrogen and oxygen atoms in total. The molecule has 0 saturated heterocycles. The van der Waals surface area contributed by atoms with E-state index in [0.29, 0.717) is 0 Å². The van der Waals surface area contributed by atoms with E-state index in [4.69, 9.17) is 0 Å². The lowest BCUT2D eigenvalue weighted by Gasteiger charge is -2.21. The number of hydrogen-bond acceptors (Lipinski definition) is 5. The van der Waals surface area contributed by atoms with Gasteiger partial charge >= 0.3 is 12.3 Å². The fourth-order valence-corrected chi connectivity index (χ4v) is 3.35. The smallest absolute Gasteiger partial charge is 0.465 e. The van der Waals surface area contributed by atoms with Gasteiger partial charge in [-0.15, -0.1) is 13.2 Å². The summed E-state index contributed by atoms with van der Waals surface area (Å²) in [5, 5.41) is 0. The Morgan fingerprint density at radius 2 is 1.62 bits per heavy atom. The van der Waals surface area contributed by atoms with E-state index >= 15 is 0 Å². The molecule has 10 heteroatoms. The first-order valence-corrected chi connectivity index (χ1v) is 8.52. The van der Waals surface area contributed by atoms with Crippen LogP contribution in [0.5, 0.6) is 5.75 Å². The van der Waals surface area contributed by atoms with Crippen LogP contribution in [-0.4, -0.2) is 34.9 Å². The maximum atomic E-state index is 12.7. The lowest BCUT2D eigenvalue weighted by atomic mass is 10.2. The summed E-state index contributed by atoms with van der Waals surface area (Å²) in [7, 11) is -1.75. The Labute approximate surface area is 147 Å². The van der Waals surface area contributed by atoms with Crippen molar-refractivity contribution in [3.63, 3.8) is 0 Å². The number of sulfonamides is 1. The van der Waals surface area contributed by atoms with Gasteiger partial charge in [-0.05, 0) is 36.4 Å². The standard InChI is InChI=1S/C16H14F3NO5S/c1-20(14-6-4-3-5-13(14)15(21)24-2)26(22,23)12-9-7-11(8-10-12)25-16(17,18)19/h3-10H,1-2H3. The third-order valence-corrected chi connectivity index (χ3v) is 5.15. The molecule has 0 atom stereocenters. The van der Waals surface area contributed by atoms with Gasteiger partial charge < -0.3 is 9.47 Å². The van der Waals surface area contributed by atoms with Crippen LogP contribution in [0, 0.1) is 0 Å². The van der Waals surface area contributed by atoms with Gasteiger partial charge in [0.25, 0.3) is 10.0 Å². The molecule has 2 aromatic rings. The van der Waals surface area contributed by atoms with Crippen molar-refractivity contribution in [2.24, 2.45) is 0 Å². The summed E-state index contributed by atoms with van der Waals surface area (Å²) in [6.45, 7) is 0. The van der Waals surface area contributed by atoms with Crippen molar-refractivity contribution in [3.05, 3.63) is 54.1 Å². The molecule has 0 N–H and O–H groups in total. The quantitative estimate of drug-likeness (QED) is 0.735. The zero-order valence-corrected chi connectivity index (χ0v) is 14.5. The number of ether oxygens (including phenoxy) is 2. The van der Waals surface area contributed by atoms with Crippen molar-refractivity contribution >= 4 is 21.7 Å². The first kappa shape index (κ1) is 19.6. The van der Waals surface area contributed by atoms with Crippen LogP contribution < -0.4 is 9.04 Å². The van der Waals surface area contributed by atoms with Gasteiger partial charge in [0.2, 0.25) is 0 Å². The summed E-state index contributed by atoms with van der Waals surface area (Å²) in [6.07, 6.45) is -4.88. The van der Waals surface area contributed by atoms with Crippen LogP contribution in [0.3, 0.4) is 0 Å². The Balaban J connectivity index is 2.37. The highest BCUT2D eigenvalue weighted by molar-refractivity contribution is 7.92. The second-order valence-electron chi connectivity index (χ2n) is 5.00. The van der Waals surface area contributed by atoms with Crippen molar-refractivity contribution in [2.45, 2.75) is 11.3 Å². The lowest BCUT2D eigenvalue weighted by molar-refractivity contribution is -0.274. The number of carbonyl (C=O) groups excluding carboxylic acids is 1. The van der Waals surface area contributed by atoms with Gasteiger partial charge in [-0.1, -0.05) is 12.1 Å². The average molecular weight is 389 g/mol. The Kier molecular flexibility index (Phi) is 5.45. The maximum Gasteiger partial charge on any atom is 0.573 e. The summed E-state index contributed by atoms with van der Waals surface area (Å²) in [4.78, 5) is 11.5. The molecule has 0 heterocycles. The fraction of sp³-hybridized carbons (Fsp3) is 0.188. The molecule has 0 unspecified atom stereocenters. The van der Waals surface area contributed by atoms with Crippen LogP contribution in [0.4, 0.5) is 18.9 Å². The Morgan fingerprint density at radius 1 is 1.04 bits per heavy atom. The van der Waals surface area contributed by atoms with Crippen LogP contribution in [0.2, 0.25) is 0 Å². The third-order valence-electron chi connectivity index (χ3n) is 3.36. The molecule has 0 spiro atoms. The van der Waals surface area contributed by atoms with E-state index in [1.54, 1.807) is 6.07 Å². The number of carbonyl (C=O) groups is 1. The molecule has 0 aromatic heterocycles. The lowest BCUT2D eigenvalue weighted by Crippen LogP contribution is -2.28. The number of methoxy groups -OCH3 is 1. The molecule has 0 amide bonds. The molecule has 0 bridgehead atoms. The van der Waals surface area contributed by atoms with Gasteiger partial charge in [-0.3, -0.25) is 4.31 Å². The van der Waals surface area contributed by atoms with Crippen LogP contribution in [0.25, 0.3) is 0 Å². The summed E-state index contributed by atoms with van der Waals surface area (Å²) in [5.41, 5.74) is 0.0908. The van der Waals surface area contributed by atoms with E-state index in [1.807, 2.05) is 0 Å². The molecule has 140 valence electrons. The first-order chi connectivity index (χ1) is 12.1. The minimum atomic E-state index is -4.88. The van der Waals surface area contributed by atoms with E-state index in [1.165, 1.54) is 25.2 Å². The summed E-state index contributed by atoms with van der Waals surface area (Å²) in [6, 6.07) is 9.62. The number of halogens is 3. The Hall–Kier alpha value is -2.75. The van der Waals surface area contributed by atoms with Crippen LogP contribution >= 0.6 is 0 Å². The summed E-state index contributed by atoms with van der Waals surface area (Å²) in [5.74, 6) is -1.27. The molecule has 0 radical (unpaired) electrons. The van der Waals surface area contributed by atoms with E-state index in [2.05, 4.69) is 9.47 Å². The van der Waals surface area contributed by atoms with E-state index in [9.17, 15) is 26.4 Å². The number of benzene rings is 2. The highest BCUT2D eigenvalue weighted by atomic mass is 32.2. The first-order valence-electron chi connectivity index (χ1n) is 7.08. The number of nitrogens with zero attached hydrogens (tertiary/aromatic N) is 1. The predicted octanol–water partition coefficient (Wildman–Crippen LogP) is 3.20. The SMILES string of the molecule is COC(=O)c1ccccc1N(C)S(=O)(=O)c1ccc(OC(F)(F)F)cc1. The van der Waals surface area contributed by atoms with Gasteiger partial charge in [-0.2, -0.15) is 0 Å². The Morgan fingerprint density at radius 3 is 2.15 bits per heavy atom. The van der Waals surface area contributed by atoms with Crippen molar-refractivity contribution < 1.29 is 35.9 Å². The van der Waals surface area contributed by atoms with Gasteiger partial charge in [0, 0.05) is 7.05 Å². The second-order valence-corrected chi connectivity index (χ2v) is 6.97. The molecule has 0 aliphatic carbocycles. The molecule has 0 fully saturated rings. The number of anilines is 1. The van der Waals surface area contributed by atoms with Crippen molar-refractivity contribution in [1.82, 2.24) is 0 Å². The predicted molar refractivity (Wildman–Crippen MR) is 86.5 cm³/mol. The summed E-state index contributed by atoms with van der Waals surface area (Å²) < 4.78 is 71.1. The number of para-hydroxylation sites is 1. The largest absolute Gasteiger partial charge is 0.573 e. The number of esters is 1. The minimum absolute atomic E-state index is 0.0260. The number of rotatable bonds is 5. The monoisotopic (exact) mass is 389 g/mol. The topological polar surface area (TPSA) is 72.9 Å². The zero-order chi connectivity index (χ0) is 19.5. The second kappa shape index (κ2) is 7.24. The van der Waals surface area contributed by atoms with Crippen LogP contribution in [-0.2, 0) is 14.8 Å². The molecule has 0 saturated carbocycles. The minimum Gasteiger partial charge on any atom is -0.465 e. The zero-order valence-electron chi connectivity index (χ0n) is 13.6. The fourth-order valence-electron chi connectivity index (χ4n) is 2.13. The van der Waals surface area contributed by atoms with Gasteiger partial charge in [-0.25, -0.2) is 13.2 Å². The third kappa shape index (κ3) is 4.26. The Bertz CT molecular complexity index is 895. The van der Waals surface area contributed by atoms with Gasteiger partial charge in [0.15, 0.2) is 0 Å². The van der Waals surface area contributed by atoms with Gasteiger partial charge in [0.1, 0.15) is 5.75 Å². The molecular weight excluding hydrogens is 375 g/mol. The summed E-state index contributed by atoms with van der Waals surface area (Å²) >= 11 is 0. The number of hydrogen-bond donors (Lipinski definition) is 0. The maximum absolute atomic E-state index is 12.7. The molecule has 2 aromatic carbocycles.